The minimum Gasteiger partial charge on any atom is -0.412 e. The van der Waals surface area contributed by atoms with Crippen LogP contribution in [0.25, 0.3) is 11.4 Å². The van der Waals surface area contributed by atoms with E-state index in [4.69, 9.17) is 23.2 Å². The lowest BCUT2D eigenvalue weighted by molar-refractivity contribution is 0.823. The van der Waals surface area contributed by atoms with E-state index in [1.54, 1.807) is 36.7 Å². The highest BCUT2D eigenvalue weighted by atomic mass is 35.5. The van der Waals surface area contributed by atoms with E-state index in [-0.39, 0.29) is 11.0 Å². The molecule has 0 unspecified atom stereocenters. The van der Waals surface area contributed by atoms with Crippen LogP contribution in [0.3, 0.4) is 0 Å². The Bertz CT molecular complexity index is 423. The zero-order chi connectivity index (χ0) is 9.97. The first-order valence-corrected chi connectivity index (χ1v) is 4.76. The molecule has 0 saturated carbocycles. The number of rotatable bonds is 1. The van der Waals surface area contributed by atoms with Crippen LogP contribution in [0, 0.1) is 0 Å². The summed E-state index contributed by atoms with van der Waals surface area (Å²) in [6.45, 7) is 0. The maximum Gasteiger partial charge on any atom is 0.109 e. The van der Waals surface area contributed by atoms with Crippen LogP contribution < -0.4 is 0 Å². The van der Waals surface area contributed by atoms with Gasteiger partial charge in [-0.2, -0.15) is 0 Å². The van der Waals surface area contributed by atoms with E-state index in [1.165, 1.54) is 0 Å². The molecule has 0 aromatic carbocycles. The average molecular weight is 261 g/mol. The number of nitrogens with zero attached hydrogens (tertiary/aromatic N) is 2. The second-order valence-corrected chi connectivity index (χ2v) is 3.48. The predicted octanol–water partition coefficient (Wildman–Crippen LogP) is 1.80. The van der Waals surface area contributed by atoms with Crippen molar-refractivity contribution >= 4 is 23.2 Å². The predicted molar refractivity (Wildman–Crippen MR) is 64.7 cm³/mol. The van der Waals surface area contributed by atoms with Crippen LogP contribution >= 0.6 is 23.2 Å². The summed E-state index contributed by atoms with van der Waals surface area (Å²) in [7, 11) is 0. The van der Waals surface area contributed by atoms with Gasteiger partial charge in [-0.25, -0.2) is 0 Å². The quantitative estimate of drug-likeness (QED) is 0.783. The topological polar surface area (TPSA) is 88.8 Å². The van der Waals surface area contributed by atoms with E-state index in [9.17, 15) is 0 Å². The number of hydrogen-bond donors (Lipinski definition) is 0. The van der Waals surface area contributed by atoms with Gasteiger partial charge in [0.05, 0.1) is 10.0 Å². The molecule has 16 heavy (non-hydrogen) atoms. The molecule has 4 N–H and O–H groups in total. The molecular formula is C10H10Cl2N2O2. The smallest absolute Gasteiger partial charge is 0.109 e. The standard InChI is InChI=1S/C10H6Cl2N2.2H2O/c11-7-3-1-5-13-9(7)10-8(12)4-2-6-14-10;;/h1-6H;2*1H2. The average Bonchev–Trinajstić information content (AvgIpc) is 2.20. The van der Waals surface area contributed by atoms with E-state index in [0.717, 1.165) is 0 Å². The molecule has 2 rings (SSSR count). The van der Waals surface area contributed by atoms with Gasteiger partial charge < -0.3 is 11.0 Å². The summed E-state index contributed by atoms with van der Waals surface area (Å²) < 4.78 is 0. The minimum atomic E-state index is 0. The Hall–Kier alpha value is -1.20. The van der Waals surface area contributed by atoms with Crippen LogP contribution in [0.1, 0.15) is 0 Å². The molecule has 4 nitrogen and oxygen atoms in total. The fraction of sp³-hybridized carbons (Fsp3) is 0. The lowest BCUT2D eigenvalue weighted by Crippen LogP contribution is -1.88. The molecule has 0 amide bonds. The molecule has 2 aromatic heterocycles. The van der Waals surface area contributed by atoms with E-state index < -0.39 is 0 Å². The van der Waals surface area contributed by atoms with Crippen LogP contribution in [-0.2, 0) is 0 Å². The molecule has 0 radical (unpaired) electrons. The first-order chi connectivity index (χ1) is 6.79. The minimum absolute atomic E-state index is 0. The van der Waals surface area contributed by atoms with E-state index >= 15 is 0 Å². The Balaban J connectivity index is 0.00000112. The summed E-state index contributed by atoms with van der Waals surface area (Å²) in [5, 5.41) is 1.10. The fourth-order valence-corrected chi connectivity index (χ4v) is 1.54. The van der Waals surface area contributed by atoms with Crippen molar-refractivity contribution in [2.45, 2.75) is 0 Å². The molecule has 0 aliphatic heterocycles. The van der Waals surface area contributed by atoms with Gasteiger partial charge in [0.2, 0.25) is 0 Å². The van der Waals surface area contributed by atoms with Crippen LogP contribution in [0.5, 0.6) is 0 Å². The number of aromatic nitrogens is 2. The van der Waals surface area contributed by atoms with Gasteiger partial charge >= 0.3 is 0 Å². The molecule has 0 bridgehead atoms. The Morgan fingerprint density at radius 3 is 1.44 bits per heavy atom. The molecular weight excluding hydrogens is 251 g/mol. The molecule has 0 aliphatic rings. The number of halogens is 2. The molecule has 0 fully saturated rings. The van der Waals surface area contributed by atoms with Crippen LogP contribution in [0.4, 0.5) is 0 Å². The third-order valence-electron chi connectivity index (χ3n) is 1.74. The van der Waals surface area contributed by atoms with Crippen molar-refractivity contribution in [3.63, 3.8) is 0 Å². The second-order valence-electron chi connectivity index (χ2n) is 2.67. The number of pyridine rings is 2. The van der Waals surface area contributed by atoms with Gasteiger partial charge in [0.1, 0.15) is 11.4 Å². The van der Waals surface area contributed by atoms with Crippen LogP contribution in [0.2, 0.25) is 10.0 Å². The summed E-state index contributed by atoms with van der Waals surface area (Å²) in [4.78, 5) is 8.26. The van der Waals surface area contributed by atoms with Gasteiger partial charge in [-0.05, 0) is 24.3 Å². The lowest BCUT2D eigenvalue weighted by Gasteiger charge is -2.03. The second kappa shape index (κ2) is 6.40. The maximum absolute atomic E-state index is 5.97. The molecule has 2 aromatic rings. The Morgan fingerprint density at radius 2 is 1.12 bits per heavy atom. The summed E-state index contributed by atoms with van der Waals surface area (Å²) in [5.74, 6) is 0. The lowest BCUT2D eigenvalue weighted by atomic mass is 10.2. The summed E-state index contributed by atoms with van der Waals surface area (Å²) in [6, 6.07) is 7.05. The van der Waals surface area contributed by atoms with Gasteiger partial charge in [0.15, 0.2) is 0 Å². The first-order valence-electron chi connectivity index (χ1n) is 4.00. The van der Waals surface area contributed by atoms with Crippen molar-refractivity contribution in [1.82, 2.24) is 9.97 Å². The zero-order valence-electron chi connectivity index (χ0n) is 8.11. The monoisotopic (exact) mass is 260 g/mol. The van der Waals surface area contributed by atoms with Gasteiger partial charge in [-0.1, -0.05) is 23.2 Å². The fourth-order valence-electron chi connectivity index (χ4n) is 1.12. The van der Waals surface area contributed by atoms with Crippen LogP contribution in [0.15, 0.2) is 36.7 Å². The highest BCUT2D eigenvalue weighted by Gasteiger charge is 2.08. The summed E-state index contributed by atoms with van der Waals surface area (Å²) >= 11 is 11.9. The normalized spacial score (nSPS) is 8.88. The molecule has 2 heterocycles. The summed E-state index contributed by atoms with van der Waals surface area (Å²) in [6.07, 6.45) is 3.32. The largest absolute Gasteiger partial charge is 0.412 e. The SMILES string of the molecule is Clc1cccnc1-c1ncccc1Cl.O.O. The van der Waals surface area contributed by atoms with E-state index in [0.29, 0.717) is 21.4 Å². The number of hydrogen-bond acceptors (Lipinski definition) is 2. The molecule has 86 valence electrons. The molecule has 0 saturated heterocycles. The highest BCUT2D eigenvalue weighted by Crippen LogP contribution is 2.28. The molecule has 0 spiro atoms. The van der Waals surface area contributed by atoms with E-state index in [1.807, 2.05) is 0 Å². The van der Waals surface area contributed by atoms with Gasteiger partial charge in [-0.3, -0.25) is 9.97 Å². The van der Waals surface area contributed by atoms with Gasteiger partial charge in [0.25, 0.3) is 0 Å². The van der Waals surface area contributed by atoms with E-state index in [2.05, 4.69) is 9.97 Å². The Kier molecular flexibility index (Phi) is 5.92. The summed E-state index contributed by atoms with van der Waals surface area (Å²) in [5.41, 5.74) is 1.22. The van der Waals surface area contributed by atoms with Gasteiger partial charge in [0, 0.05) is 12.4 Å². The Labute approximate surface area is 102 Å². The third kappa shape index (κ3) is 2.90. The first kappa shape index (κ1) is 14.8. The van der Waals surface area contributed by atoms with Crippen molar-refractivity contribution in [1.29, 1.82) is 0 Å². The van der Waals surface area contributed by atoms with Crippen molar-refractivity contribution < 1.29 is 11.0 Å². The molecule has 6 heteroatoms. The van der Waals surface area contributed by atoms with Gasteiger partial charge in [-0.15, -0.1) is 0 Å². The zero-order valence-corrected chi connectivity index (χ0v) is 9.63. The molecule has 0 atom stereocenters. The molecule has 0 aliphatic carbocycles. The third-order valence-corrected chi connectivity index (χ3v) is 2.35. The van der Waals surface area contributed by atoms with Crippen molar-refractivity contribution in [3.8, 4) is 11.4 Å². The van der Waals surface area contributed by atoms with Crippen molar-refractivity contribution in [2.75, 3.05) is 0 Å². The van der Waals surface area contributed by atoms with Crippen LogP contribution in [-0.4, -0.2) is 20.9 Å². The highest BCUT2D eigenvalue weighted by molar-refractivity contribution is 6.35. The van der Waals surface area contributed by atoms with Crippen molar-refractivity contribution in [3.05, 3.63) is 46.7 Å². The van der Waals surface area contributed by atoms with Crippen molar-refractivity contribution in [2.24, 2.45) is 0 Å². The maximum atomic E-state index is 5.97. The Morgan fingerprint density at radius 1 is 0.750 bits per heavy atom.